The first-order valence-electron chi connectivity index (χ1n) is 10.8. The van der Waals surface area contributed by atoms with Crippen molar-refractivity contribution in [1.82, 2.24) is 0 Å². The van der Waals surface area contributed by atoms with Gasteiger partial charge in [-0.1, -0.05) is 0 Å². The summed E-state index contributed by atoms with van der Waals surface area (Å²) in [5, 5.41) is 60.5. The molecule has 0 bridgehead atoms. The van der Waals surface area contributed by atoms with E-state index in [1.165, 1.54) is 0 Å². The van der Waals surface area contributed by atoms with Gasteiger partial charge >= 0.3 is 0 Å². The van der Waals surface area contributed by atoms with Crippen molar-refractivity contribution in [2.45, 2.75) is 45.2 Å². The Morgan fingerprint density at radius 1 is 0.438 bits per heavy atom. The molecular weight excluding hydrogens is 432 g/mol. The molecule has 0 amide bonds. The fraction of sp³-hybridized carbons (Fsp3) is 1.00. The fourth-order valence-electron chi connectivity index (χ4n) is 1.54. The molecule has 0 aromatic rings. The average Bonchev–Trinajstić information content (AvgIpc) is 2.81. The van der Waals surface area contributed by atoms with Crippen LogP contribution < -0.4 is 0 Å². The van der Waals surface area contributed by atoms with Crippen molar-refractivity contribution in [1.29, 1.82) is 0 Å². The third-order valence-corrected chi connectivity index (χ3v) is 3.17. The number of hydrogen-bond donors (Lipinski definition) is 7. The van der Waals surface area contributed by atoms with Gasteiger partial charge in [-0.3, -0.25) is 0 Å². The number of aliphatic hydroxyl groups excluding tert-OH is 7. The lowest BCUT2D eigenvalue weighted by Crippen LogP contribution is -2.26. The van der Waals surface area contributed by atoms with Crippen LogP contribution in [-0.4, -0.2) is 146 Å². The van der Waals surface area contributed by atoms with E-state index in [2.05, 4.69) is 0 Å². The highest BCUT2D eigenvalue weighted by molar-refractivity contribution is 4.54. The van der Waals surface area contributed by atoms with Gasteiger partial charge in [-0.15, -0.1) is 0 Å². The second kappa shape index (κ2) is 30.5. The monoisotopic (exact) mass is 478 g/mol. The van der Waals surface area contributed by atoms with Gasteiger partial charge in [0.2, 0.25) is 0 Å². The molecule has 0 aliphatic heterocycles. The topological polar surface area (TPSA) is 188 Å². The molecular formula is C20H46O12. The lowest BCUT2D eigenvalue weighted by molar-refractivity contribution is -0.0465. The maximum Gasteiger partial charge on any atom is 0.101 e. The van der Waals surface area contributed by atoms with Gasteiger partial charge in [-0.2, -0.15) is 0 Å². The first kappa shape index (κ1) is 36.1. The van der Waals surface area contributed by atoms with Crippen LogP contribution in [0.2, 0.25) is 0 Å². The summed E-state index contributed by atoms with van der Waals surface area (Å²) in [6.45, 7) is 8.34. The van der Waals surface area contributed by atoms with Gasteiger partial charge in [0, 0.05) is 19.8 Å². The Balaban J connectivity index is -0.000000406. The van der Waals surface area contributed by atoms with Crippen LogP contribution in [0.4, 0.5) is 0 Å². The fourth-order valence-corrected chi connectivity index (χ4v) is 1.54. The predicted octanol–water partition coefficient (Wildman–Crippen LogP) is -2.48. The van der Waals surface area contributed by atoms with Crippen LogP contribution >= 0.6 is 0 Å². The zero-order valence-corrected chi connectivity index (χ0v) is 19.7. The van der Waals surface area contributed by atoms with Crippen molar-refractivity contribution in [3.63, 3.8) is 0 Å². The molecule has 0 aliphatic carbocycles. The van der Waals surface area contributed by atoms with E-state index in [1.807, 2.05) is 20.8 Å². The Kier molecular flexibility index (Phi) is 34.4. The maximum atomic E-state index is 9.17. The van der Waals surface area contributed by atoms with Gasteiger partial charge in [0.1, 0.15) is 24.4 Å². The maximum absolute atomic E-state index is 9.17. The number of ether oxygens (including phenoxy) is 5. The largest absolute Gasteiger partial charge is 0.394 e. The Morgan fingerprint density at radius 2 is 0.750 bits per heavy atom. The molecule has 12 heteroatoms. The summed E-state index contributed by atoms with van der Waals surface area (Å²) in [7, 11) is 0. The lowest BCUT2D eigenvalue weighted by Gasteiger charge is -2.12. The minimum Gasteiger partial charge on any atom is -0.394 e. The SMILES string of the molecule is CCOCC(O)CO.CCOCC(O)COCC(O)CO.CCOCCOCC(O)CO. The minimum absolute atomic E-state index is 0.0275. The van der Waals surface area contributed by atoms with Crippen molar-refractivity contribution >= 4 is 0 Å². The first-order chi connectivity index (χ1) is 15.3. The van der Waals surface area contributed by atoms with E-state index in [-0.39, 0.29) is 52.9 Å². The summed E-state index contributed by atoms with van der Waals surface area (Å²) in [5.74, 6) is 0. The molecule has 0 aromatic carbocycles. The van der Waals surface area contributed by atoms with Gasteiger partial charge in [-0.05, 0) is 20.8 Å². The summed E-state index contributed by atoms with van der Waals surface area (Å²) in [4.78, 5) is 0. The second-order valence-electron chi connectivity index (χ2n) is 6.29. The van der Waals surface area contributed by atoms with Crippen molar-refractivity contribution < 1.29 is 59.4 Å². The highest BCUT2D eigenvalue weighted by Gasteiger charge is 2.06. The Bertz CT molecular complexity index is 325. The van der Waals surface area contributed by atoms with E-state index in [9.17, 15) is 5.11 Å². The summed E-state index contributed by atoms with van der Waals surface area (Å²) >= 11 is 0. The van der Waals surface area contributed by atoms with E-state index >= 15 is 0 Å². The van der Waals surface area contributed by atoms with Gasteiger partial charge in [0.15, 0.2) is 0 Å². The number of rotatable bonds is 19. The Morgan fingerprint density at radius 3 is 1.16 bits per heavy atom. The van der Waals surface area contributed by atoms with E-state index in [0.29, 0.717) is 33.0 Å². The van der Waals surface area contributed by atoms with Crippen molar-refractivity contribution in [3.8, 4) is 0 Å². The van der Waals surface area contributed by atoms with E-state index < -0.39 is 24.4 Å². The van der Waals surface area contributed by atoms with Crippen molar-refractivity contribution in [2.75, 3.05) is 85.9 Å². The van der Waals surface area contributed by atoms with Crippen LogP contribution in [-0.2, 0) is 23.7 Å². The summed E-state index contributed by atoms with van der Waals surface area (Å²) in [6, 6.07) is 0. The average molecular weight is 479 g/mol. The standard InChI is InChI=1S/C8H18O5.C7H16O4.C5H12O3/c1-2-12-5-8(11)6-13-4-7(10)3-9;1-2-10-3-4-11-6-7(9)5-8;1-2-8-4-5(7)3-6/h7-11H,2-6H2,1H3;7-9H,2-6H2,1H3;5-7H,2-4H2,1H3. The van der Waals surface area contributed by atoms with E-state index in [4.69, 9.17) is 54.3 Å². The number of aliphatic hydroxyl groups is 7. The molecule has 0 radical (unpaired) electrons. The Labute approximate surface area is 191 Å². The highest BCUT2D eigenvalue weighted by Crippen LogP contribution is 1.90. The summed E-state index contributed by atoms with van der Waals surface area (Å²) in [5.41, 5.74) is 0. The zero-order valence-electron chi connectivity index (χ0n) is 19.7. The molecule has 4 atom stereocenters. The van der Waals surface area contributed by atoms with Crippen LogP contribution in [0.3, 0.4) is 0 Å². The van der Waals surface area contributed by atoms with Gasteiger partial charge < -0.3 is 59.4 Å². The third kappa shape index (κ3) is 34.1. The molecule has 0 rings (SSSR count). The number of hydrogen-bond acceptors (Lipinski definition) is 12. The molecule has 32 heavy (non-hydrogen) atoms. The summed E-state index contributed by atoms with van der Waals surface area (Å²) in [6.07, 6.45) is -3.03. The van der Waals surface area contributed by atoms with E-state index in [0.717, 1.165) is 0 Å². The molecule has 7 N–H and O–H groups in total. The molecule has 4 unspecified atom stereocenters. The van der Waals surface area contributed by atoms with Crippen LogP contribution in [0.5, 0.6) is 0 Å². The second-order valence-corrected chi connectivity index (χ2v) is 6.29. The van der Waals surface area contributed by atoms with Gasteiger partial charge in [0.25, 0.3) is 0 Å². The van der Waals surface area contributed by atoms with Gasteiger partial charge in [0.05, 0.1) is 66.1 Å². The van der Waals surface area contributed by atoms with Gasteiger partial charge in [-0.25, -0.2) is 0 Å². The molecule has 0 fully saturated rings. The molecule has 0 aromatic heterocycles. The quantitative estimate of drug-likeness (QED) is 0.0970. The summed E-state index contributed by atoms with van der Waals surface area (Å²) < 4.78 is 24.6. The van der Waals surface area contributed by atoms with Crippen molar-refractivity contribution in [3.05, 3.63) is 0 Å². The normalized spacial score (nSPS) is 14.4. The van der Waals surface area contributed by atoms with Crippen LogP contribution in [0.15, 0.2) is 0 Å². The molecule has 0 aliphatic rings. The van der Waals surface area contributed by atoms with Crippen LogP contribution in [0.25, 0.3) is 0 Å². The lowest BCUT2D eigenvalue weighted by atomic mass is 10.4. The molecule has 0 saturated heterocycles. The van der Waals surface area contributed by atoms with E-state index in [1.54, 1.807) is 0 Å². The smallest absolute Gasteiger partial charge is 0.101 e. The Hall–Kier alpha value is -0.480. The predicted molar refractivity (Wildman–Crippen MR) is 116 cm³/mol. The zero-order chi connectivity index (χ0) is 25.0. The molecule has 0 spiro atoms. The molecule has 12 nitrogen and oxygen atoms in total. The van der Waals surface area contributed by atoms with Crippen LogP contribution in [0, 0.1) is 0 Å². The molecule has 0 heterocycles. The molecule has 0 saturated carbocycles. The molecule has 198 valence electrons. The third-order valence-electron chi connectivity index (χ3n) is 3.17. The highest BCUT2D eigenvalue weighted by atomic mass is 16.5. The van der Waals surface area contributed by atoms with Crippen LogP contribution in [0.1, 0.15) is 20.8 Å². The first-order valence-corrected chi connectivity index (χ1v) is 10.8. The minimum atomic E-state index is -0.876. The van der Waals surface area contributed by atoms with Crippen molar-refractivity contribution in [2.24, 2.45) is 0 Å².